The number of benzene rings is 2. The lowest BCUT2D eigenvalue weighted by molar-refractivity contribution is -0.136. The van der Waals surface area contributed by atoms with E-state index in [4.69, 9.17) is 5.11 Å². The molecule has 0 amide bonds. The van der Waals surface area contributed by atoms with Crippen LogP contribution in [-0.2, 0) is 17.6 Å². The van der Waals surface area contributed by atoms with Crippen molar-refractivity contribution in [3.63, 3.8) is 0 Å². The predicted octanol–water partition coefficient (Wildman–Crippen LogP) is 4.07. The van der Waals surface area contributed by atoms with E-state index < -0.39 is 5.97 Å². The third kappa shape index (κ3) is 3.02. The van der Waals surface area contributed by atoms with E-state index in [1.54, 1.807) is 0 Å². The van der Waals surface area contributed by atoms with Crippen LogP contribution >= 0.6 is 11.3 Å². The molecular weight excluding hydrogens is 360 g/mol. The highest BCUT2D eigenvalue weighted by atomic mass is 32.1. The van der Waals surface area contributed by atoms with Gasteiger partial charge in [0.2, 0.25) is 0 Å². The van der Waals surface area contributed by atoms with Crippen molar-refractivity contribution in [3.05, 3.63) is 69.5 Å². The Kier molecular flexibility index (Phi) is 4.28. The fraction of sp³-hybridized carbons (Fsp3) is 0.190. The van der Waals surface area contributed by atoms with Crippen molar-refractivity contribution < 1.29 is 9.90 Å². The standard InChI is InChI=1S/C21H18N2O3S/c1-3-15-19(14-7-4-12(2)5-8-14)23-16-9-6-13(11-18(24)25)10-17(16)27-21(23)22-20(15)26/h4-10H,3,11H2,1-2H3,(H,24,25). The van der Waals surface area contributed by atoms with E-state index >= 15 is 0 Å². The molecular formula is C21H18N2O3S. The molecule has 0 unspecified atom stereocenters. The molecule has 6 heteroatoms. The molecule has 0 atom stereocenters. The molecule has 4 rings (SSSR count). The molecule has 0 spiro atoms. The van der Waals surface area contributed by atoms with Crippen LogP contribution in [0, 0.1) is 6.92 Å². The molecule has 0 saturated heterocycles. The summed E-state index contributed by atoms with van der Waals surface area (Å²) >= 11 is 1.41. The molecule has 136 valence electrons. The molecule has 0 aliphatic heterocycles. The lowest BCUT2D eigenvalue weighted by Crippen LogP contribution is -2.16. The minimum atomic E-state index is -0.864. The topological polar surface area (TPSA) is 71.7 Å². The Balaban J connectivity index is 2.08. The molecule has 0 bridgehead atoms. The zero-order valence-electron chi connectivity index (χ0n) is 15.0. The van der Waals surface area contributed by atoms with Crippen molar-refractivity contribution in [2.24, 2.45) is 0 Å². The molecule has 0 aliphatic carbocycles. The van der Waals surface area contributed by atoms with E-state index in [1.165, 1.54) is 11.3 Å². The normalized spacial score (nSPS) is 11.3. The van der Waals surface area contributed by atoms with Crippen LogP contribution in [0.25, 0.3) is 26.4 Å². The fourth-order valence-corrected chi connectivity index (χ4v) is 4.45. The summed E-state index contributed by atoms with van der Waals surface area (Å²) < 4.78 is 2.94. The van der Waals surface area contributed by atoms with Crippen molar-refractivity contribution in [3.8, 4) is 11.3 Å². The van der Waals surface area contributed by atoms with Gasteiger partial charge in [-0.25, -0.2) is 0 Å². The number of aromatic nitrogens is 2. The Bertz CT molecular complexity index is 1240. The number of rotatable bonds is 4. The summed E-state index contributed by atoms with van der Waals surface area (Å²) in [5.41, 5.74) is 5.14. The monoisotopic (exact) mass is 378 g/mol. The smallest absolute Gasteiger partial charge is 0.307 e. The van der Waals surface area contributed by atoms with Gasteiger partial charge in [-0.05, 0) is 36.6 Å². The SMILES string of the molecule is CCc1c(-c2ccc(C)cc2)n2c(nc1=O)sc1cc(CC(=O)O)ccc12. The van der Waals surface area contributed by atoms with Gasteiger partial charge in [-0.15, -0.1) is 0 Å². The van der Waals surface area contributed by atoms with Crippen LogP contribution in [0.3, 0.4) is 0 Å². The Morgan fingerprint density at radius 1 is 1.19 bits per heavy atom. The summed E-state index contributed by atoms with van der Waals surface area (Å²) in [6.45, 7) is 3.99. The maximum atomic E-state index is 12.6. The van der Waals surface area contributed by atoms with Gasteiger partial charge in [0.1, 0.15) is 0 Å². The van der Waals surface area contributed by atoms with Crippen molar-refractivity contribution in [1.29, 1.82) is 0 Å². The zero-order chi connectivity index (χ0) is 19.1. The maximum Gasteiger partial charge on any atom is 0.307 e. The number of carboxylic acid groups (broad SMARTS) is 1. The first-order valence-electron chi connectivity index (χ1n) is 8.74. The number of aryl methyl sites for hydroxylation is 1. The minimum Gasteiger partial charge on any atom is -0.481 e. The van der Waals surface area contributed by atoms with Gasteiger partial charge in [-0.2, -0.15) is 4.98 Å². The summed E-state index contributed by atoms with van der Waals surface area (Å²) in [4.78, 5) is 28.5. The Morgan fingerprint density at radius 2 is 1.93 bits per heavy atom. The maximum absolute atomic E-state index is 12.6. The Hall–Kier alpha value is -2.99. The van der Waals surface area contributed by atoms with Gasteiger partial charge < -0.3 is 5.11 Å². The average molecular weight is 378 g/mol. The molecule has 0 radical (unpaired) electrons. The molecule has 0 saturated carbocycles. The third-order valence-electron chi connectivity index (χ3n) is 4.66. The lowest BCUT2D eigenvalue weighted by atomic mass is 10.0. The van der Waals surface area contributed by atoms with Gasteiger partial charge in [0.05, 0.1) is 22.3 Å². The summed E-state index contributed by atoms with van der Waals surface area (Å²) in [6.07, 6.45) is 0.562. The number of thiazole rings is 1. The summed E-state index contributed by atoms with van der Waals surface area (Å²) in [5, 5.41) is 9.04. The second kappa shape index (κ2) is 6.63. The van der Waals surface area contributed by atoms with Gasteiger partial charge in [-0.1, -0.05) is 54.2 Å². The average Bonchev–Trinajstić information content (AvgIpc) is 2.97. The number of aliphatic carboxylic acids is 1. The molecule has 27 heavy (non-hydrogen) atoms. The van der Waals surface area contributed by atoms with Gasteiger partial charge in [0.25, 0.3) is 5.56 Å². The van der Waals surface area contributed by atoms with Gasteiger partial charge in [-0.3, -0.25) is 14.0 Å². The molecule has 1 N–H and O–H groups in total. The number of hydrogen-bond acceptors (Lipinski definition) is 4. The highest BCUT2D eigenvalue weighted by Gasteiger charge is 2.18. The molecule has 2 aromatic carbocycles. The van der Waals surface area contributed by atoms with Crippen LogP contribution < -0.4 is 5.56 Å². The summed E-state index contributed by atoms with van der Waals surface area (Å²) in [5.74, 6) is -0.864. The molecule has 0 fully saturated rings. The molecule has 5 nitrogen and oxygen atoms in total. The number of fused-ring (bicyclic) bond motifs is 3. The first-order valence-corrected chi connectivity index (χ1v) is 9.55. The highest BCUT2D eigenvalue weighted by molar-refractivity contribution is 7.23. The van der Waals surface area contributed by atoms with Crippen molar-refractivity contribution in [2.75, 3.05) is 0 Å². The summed E-state index contributed by atoms with van der Waals surface area (Å²) in [7, 11) is 0. The molecule has 4 aromatic rings. The van der Waals surface area contributed by atoms with Crippen molar-refractivity contribution in [2.45, 2.75) is 26.7 Å². The van der Waals surface area contributed by atoms with Gasteiger partial charge in [0.15, 0.2) is 4.96 Å². The number of hydrogen-bond donors (Lipinski definition) is 1. The molecule has 2 aromatic heterocycles. The number of carbonyl (C=O) groups is 1. The fourth-order valence-electron chi connectivity index (χ4n) is 3.37. The van der Waals surface area contributed by atoms with Crippen LogP contribution in [0.1, 0.15) is 23.6 Å². The minimum absolute atomic E-state index is 0.0277. The number of nitrogens with zero attached hydrogens (tertiary/aromatic N) is 2. The van der Waals surface area contributed by atoms with Gasteiger partial charge in [0, 0.05) is 5.56 Å². The van der Waals surface area contributed by atoms with E-state index in [9.17, 15) is 9.59 Å². The Morgan fingerprint density at radius 3 is 2.59 bits per heavy atom. The molecule has 0 aliphatic rings. The Labute approximate surface area is 159 Å². The summed E-state index contributed by atoms with van der Waals surface area (Å²) in [6, 6.07) is 13.7. The van der Waals surface area contributed by atoms with E-state index in [1.807, 2.05) is 60.7 Å². The largest absolute Gasteiger partial charge is 0.481 e. The zero-order valence-corrected chi connectivity index (χ0v) is 15.8. The van der Waals surface area contributed by atoms with E-state index in [0.29, 0.717) is 16.9 Å². The van der Waals surface area contributed by atoms with Crippen LogP contribution in [0.5, 0.6) is 0 Å². The van der Waals surface area contributed by atoms with Crippen LogP contribution in [-0.4, -0.2) is 20.5 Å². The van der Waals surface area contributed by atoms with Crippen molar-refractivity contribution >= 4 is 32.5 Å². The second-order valence-electron chi connectivity index (χ2n) is 6.56. The van der Waals surface area contributed by atoms with Gasteiger partial charge >= 0.3 is 5.97 Å². The van der Waals surface area contributed by atoms with Crippen molar-refractivity contribution in [1.82, 2.24) is 9.38 Å². The first kappa shape index (κ1) is 17.4. The van der Waals surface area contributed by atoms with Crippen LogP contribution in [0.4, 0.5) is 0 Å². The highest BCUT2D eigenvalue weighted by Crippen LogP contribution is 2.32. The quantitative estimate of drug-likeness (QED) is 0.581. The second-order valence-corrected chi connectivity index (χ2v) is 7.57. The van der Waals surface area contributed by atoms with E-state index in [0.717, 1.165) is 32.6 Å². The predicted molar refractivity (Wildman–Crippen MR) is 108 cm³/mol. The third-order valence-corrected chi connectivity index (χ3v) is 5.66. The molecule has 2 heterocycles. The lowest BCUT2D eigenvalue weighted by Gasteiger charge is -2.11. The number of carboxylic acids is 1. The van der Waals surface area contributed by atoms with Crippen LogP contribution in [0.15, 0.2) is 47.3 Å². The van der Waals surface area contributed by atoms with Crippen LogP contribution in [0.2, 0.25) is 0 Å². The van der Waals surface area contributed by atoms with E-state index in [2.05, 4.69) is 4.98 Å². The first-order chi connectivity index (χ1) is 13.0. The van der Waals surface area contributed by atoms with E-state index in [-0.39, 0.29) is 12.0 Å².